The number of amides is 1. The van der Waals surface area contributed by atoms with E-state index in [2.05, 4.69) is 9.97 Å². The van der Waals surface area contributed by atoms with E-state index in [4.69, 9.17) is 5.11 Å². The van der Waals surface area contributed by atoms with E-state index in [1.165, 1.54) is 11.8 Å². The number of carbonyl (C=O) groups excluding carboxylic acids is 1. The standard InChI is InChI=1S/C13H17N3O3S/c1-9(20-13-14-5-3-6-15-13)11(17)16-7-2-4-10(8-16)12(18)19/h3,5-6,9-10H,2,4,7-8H2,1H3,(H,18,19). The molecule has 0 radical (unpaired) electrons. The smallest absolute Gasteiger partial charge is 0.308 e. The molecule has 2 heterocycles. The maximum absolute atomic E-state index is 12.3. The van der Waals surface area contributed by atoms with Gasteiger partial charge in [0.25, 0.3) is 0 Å². The van der Waals surface area contributed by atoms with Crippen LogP contribution in [-0.2, 0) is 9.59 Å². The van der Waals surface area contributed by atoms with Crippen molar-refractivity contribution in [3.63, 3.8) is 0 Å². The minimum absolute atomic E-state index is 0.0478. The summed E-state index contributed by atoms with van der Waals surface area (Å²) >= 11 is 1.29. The Bertz CT molecular complexity index is 483. The van der Waals surface area contributed by atoms with Gasteiger partial charge in [-0.15, -0.1) is 0 Å². The summed E-state index contributed by atoms with van der Waals surface area (Å²) in [5.41, 5.74) is 0. The summed E-state index contributed by atoms with van der Waals surface area (Å²) in [5, 5.41) is 9.29. The molecule has 7 heteroatoms. The number of aromatic nitrogens is 2. The van der Waals surface area contributed by atoms with Gasteiger partial charge >= 0.3 is 5.97 Å². The van der Waals surface area contributed by atoms with Crippen molar-refractivity contribution in [3.8, 4) is 0 Å². The Kier molecular flexibility index (Phi) is 4.94. The number of aliphatic carboxylic acids is 1. The van der Waals surface area contributed by atoms with Crippen molar-refractivity contribution >= 4 is 23.6 Å². The van der Waals surface area contributed by atoms with Crippen LogP contribution in [0.3, 0.4) is 0 Å². The van der Waals surface area contributed by atoms with Crippen LogP contribution in [0.1, 0.15) is 19.8 Å². The fourth-order valence-corrected chi connectivity index (χ4v) is 3.00. The molecule has 1 aromatic rings. The monoisotopic (exact) mass is 295 g/mol. The molecule has 1 fully saturated rings. The molecule has 1 aromatic heterocycles. The first-order chi connectivity index (χ1) is 9.58. The van der Waals surface area contributed by atoms with E-state index in [1.54, 1.807) is 30.3 Å². The van der Waals surface area contributed by atoms with Gasteiger partial charge in [0.1, 0.15) is 0 Å². The number of carboxylic acid groups (broad SMARTS) is 1. The van der Waals surface area contributed by atoms with Gasteiger partial charge in [0.2, 0.25) is 5.91 Å². The second-order valence-electron chi connectivity index (χ2n) is 4.75. The number of rotatable bonds is 4. The molecule has 1 saturated heterocycles. The zero-order valence-corrected chi connectivity index (χ0v) is 12.0. The van der Waals surface area contributed by atoms with Gasteiger partial charge in [-0.3, -0.25) is 9.59 Å². The van der Waals surface area contributed by atoms with Crippen LogP contribution in [0.4, 0.5) is 0 Å². The van der Waals surface area contributed by atoms with E-state index in [0.717, 1.165) is 6.42 Å². The van der Waals surface area contributed by atoms with Crippen molar-refractivity contribution in [3.05, 3.63) is 18.5 Å². The molecule has 0 bridgehead atoms. The van der Waals surface area contributed by atoms with E-state index < -0.39 is 11.9 Å². The maximum atomic E-state index is 12.3. The Hall–Kier alpha value is -1.63. The summed E-state index contributed by atoms with van der Waals surface area (Å²) in [6, 6.07) is 1.72. The highest BCUT2D eigenvalue weighted by Gasteiger charge is 2.30. The molecule has 0 saturated carbocycles. The number of carbonyl (C=O) groups is 2. The van der Waals surface area contributed by atoms with Crippen molar-refractivity contribution in [1.29, 1.82) is 0 Å². The van der Waals surface area contributed by atoms with E-state index in [0.29, 0.717) is 24.7 Å². The SMILES string of the molecule is CC(Sc1ncccn1)C(=O)N1CCCC(C(=O)O)C1. The Morgan fingerprint density at radius 1 is 1.45 bits per heavy atom. The number of piperidine rings is 1. The number of thioether (sulfide) groups is 1. The normalized spacial score (nSPS) is 20.4. The first kappa shape index (κ1) is 14.8. The first-order valence-electron chi connectivity index (χ1n) is 6.53. The molecule has 1 aliphatic rings. The Labute approximate surface area is 121 Å². The van der Waals surface area contributed by atoms with Crippen molar-refractivity contribution in [2.24, 2.45) is 5.92 Å². The fourth-order valence-electron chi connectivity index (χ4n) is 2.19. The minimum atomic E-state index is -0.825. The molecule has 0 aliphatic carbocycles. The van der Waals surface area contributed by atoms with Gasteiger partial charge in [0, 0.05) is 25.5 Å². The average Bonchev–Trinajstić information content (AvgIpc) is 2.47. The number of nitrogens with zero attached hydrogens (tertiary/aromatic N) is 3. The summed E-state index contributed by atoms with van der Waals surface area (Å²) in [6.45, 7) is 2.73. The summed E-state index contributed by atoms with van der Waals surface area (Å²) in [4.78, 5) is 33.1. The van der Waals surface area contributed by atoms with Crippen molar-refractivity contribution in [2.45, 2.75) is 30.2 Å². The minimum Gasteiger partial charge on any atom is -0.481 e. The summed E-state index contributed by atoms with van der Waals surface area (Å²) in [5.74, 6) is -1.32. The van der Waals surface area contributed by atoms with Crippen LogP contribution in [0.2, 0.25) is 0 Å². The largest absolute Gasteiger partial charge is 0.481 e. The fraction of sp³-hybridized carbons (Fsp3) is 0.538. The summed E-state index contributed by atoms with van der Waals surface area (Å²) < 4.78 is 0. The van der Waals surface area contributed by atoms with Crippen LogP contribution in [-0.4, -0.2) is 50.2 Å². The second-order valence-corrected chi connectivity index (χ2v) is 6.06. The van der Waals surface area contributed by atoms with Crippen LogP contribution in [0.5, 0.6) is 0 Å². The molecule has 6 nitrogen and oxygen atoms in total. The molecule has 108 valence electrons. The molecule has 20 heavy (non-hydrogen) atoms. The molecule has 1 aliphatic heterocycles. The molecular formula is C13H17N3O3S. The number of likely N-dealkylation sites (tertiary alicyclic amines) is 1. The van der Waals surface area contributed by atoms with E-state index >= 15 is 0 Å². The number of hydrogen-bond donors (Lipinski definition) is 1. The molecule has 1 N–H and O–H groups in total. The number of carboxylic acids is 1. The highest BCUT2D eigenvalue weighted by molar-refractivity contribution is 8.00. The predicted molar refractivity (Wildman–Crippen MR) is 74.3 cm³/mol. The van der Waals surface area contributed by atoms with Gasteiger partial charge in [0.15, 0.2) is 5.16 Å². The zero-order chi connectivity index (χ0) is 14.5. The Morgan fingerprint density at radius 2 is 2.15 bits per heavy atom. The second kappa shape index (κ2) is 6.69. The lowest BCUT2D eigenvalue weighted by atomic mass is 9.98. The Balaban J connectivity index is 1.94. The van der Waals surface area contributed by atoms with E-state index in [-0.39, 0.29) is 11.2 Å². The molecule has 0 spiro atoms. The van der Waals surface area contributed by atoms with Gasteiger partial charge in [0.05, 0.1) is 11.2 Å². The van der Waals surface area contributed by atoms with Gasteiger partial charge in [-0.05, 0) is 25.8 Å². The number of hydrogen-bond acceptors (Lipinski definition) is 5. The van der Waals surface area contributed by atoms with E-state index in [1.807, 2.05) is 0 Å². The first-order valence-corrected chi connectivity index (χ1v) is 7.41. The molecule has 2 atom stereocenters. The van der Waals surface area contributed by atoms with Crippen LogP contribution in [0, 0.1) is 5.92 Å². The Morgan fingerprint density at radius 3 is 2.80 bits per heavy atom. The summed E-state index contributed by atoms with van der Waals surface area (Å²) in [6.07, 6.45) is 4.64. The lowest BCUT2D eigenvalue weighted by molar-refractivity contribution is -0.145. The van der Waals surface area contributed by atoms with Gasteiger partial charge in [-0.25, -0.2) is 9.97 Å². The van der Waals surface area contributed by atoms with Gasteiger partial charge < -0.3 is 10.0 Å². The van der Waals surface area contributed by atoms with Crippen LogP contribution in [0.25, 0.3) is 0 Å². The molecule has 2 unspecified atom stereocenters. The zero-order valence-electron chi connectivity index (χ0n) is 11.2. The lowest BCUT2D eigenvalue weighted by Crippen LogP contribution is -2.45. The highest BCUT2D eigenvalue weighted by atomic mass is 32.2. The van der Waals surface area contributed by atoms with Gasteiger partial charge in [-0.1, -0.05) is 11.8 Å². The topological polar surface area (TPSA) is 83.4 Å². The lowest BCUT2D eigenvalue weighted by Gasteiger charge is -2.32. The molecular weight excluding hydrogens is 278 g/mol. The third-order valence-electron chi connectivity index (χ3n) is 3.25. The van der Waals surface area contributed by atoms with Crippen molar-refractivity contribution < 1.29 is 14.7 Å². The average molecular weight is 295 g/mol. The highest BCUT2D eigenvalue weighted by Crippen LogP contribution is 2.23. The quantitative estimate of drug-likeness (QED) is 0.665. The molecule has 2 rings (SSSR count). The van der Waals surface area contributed by atoms with E-state index in [9.17, 15) is 9.59 Å². The predicted octanol–water partition coefficient (Wildman–Crippen LogP) is 1.28. The van der Waals surface area contributed by atoms with Crippen LogP contribution >= 0.6 is 11.8 Å². The van der Waals surface area contributed by atoms with Crippen LogP contribution in [0.15, 0.2) is 23.6 Å². The summed E-state index contributed by atoms with van der Waals surface area (Å²) in [7, 11) is 0. The third kappa shape index (κ3) is 3.69. The van der Waals surface area contributed by atoms with Crippen LogP contribution < -0.4 is 0 Å². The molecule has 1 amide bonds. The molecule has 0 aromatic carbocycles. The third-order valence-corrected chi connectivity index (χ3v) is 4.23. The van der Waals surface area contributed by atoms with Gasteiger partial charge in [-0.2, -0.15) is 0 Å². The van der Waals surface area contributed by atoms with Crippen molar-refractivity contribution in [2.75, 3.05) is 13.1 Å². The maximum Gasteiger partial charge on any atom is 0.308 e. The van der Waals surface area contributed by atoms with Crippen molar-refractivity contribution in [1.82, 2.24) is 14.9 Å².